The van der Waals surface area contributed by atoms with Gasteiger partial charge in [-0.15, -0.1) is 0 Å². The highest BCUT2D eigenvalue weighted by Gasteiger charge is 2.14. The Bertz CT molecular complexity index is 349. The van der Waals surface area contributed by atoms with E-state index in [9.17, 15) is 4.39 Å². The summed E-state index contributed by atoms with van der Waals surface area (Å²) in [5, 5.41) is 3.46. The molecule has 0 heterocycles. The summed E-state index contributed by atoms with van der Waals surface area (Å²) in [5.74, 6) is -0.0694. The number of benzene rings is 1. The zero-order chi connectivity index (χ0) is 13.4. The molecule has 0 fully saturated rings. The standard InChI is InChI=1S/C16H26FN/c1-4-6-7-8-16(18-11-5-2)14-10-9-13(3)12-15(14)17/h9-10,12,16,18H,4-8,11H2,1-3H3. The molecule has 0 aliphatic carbocycles. The topological polar surface area (TPSA) is 12.0 Å². The van der Waals surface area contributed by atoms with Gasteiger partial charge in [0, 0.05) is 11.6 Å². The van der Waals surface area contributed by atoms with Gasteiger partial charge in [0.15, 0.2) is 0 Å². The molecular weight excluding hydrogens is 225 g/mol. The maximum Gasteiger partial charge on any atom is 0.128 e. The first-order valence-electron chi connectivity index (χ1n) is 7.18. The van der Waals surface area contributed by atoms with Gasteiger partial charge < -0.3 is 5.32 Å². The van der Waals surface area contributed by atoms with Crippen molar-refractivity contribution in [3.05, 3.63) is 35.1 Å². The third-order valence-corrected chi connectivity index (χ3v) is 3.27. The van der Waals surface area contributed by atoms with E-state index >= 15 is 0 Å². The Morgan fingerprint density at radius 2 is 1.94 bits per heavy atom. The predicted octanol–water partition coefficient (Wildman–Crippen LogP) is 4.76. The van der Waals surface area contributed by atoms with E-state index in [4.69, 9.17) is 0 Å². The molecule has 0 spiro atoms. The van der Waals surface area contributed by atoms with Crippen LogP contribution >= 0.6 is 0 Å². The van der Waals surface area contributed by atoms with Gasteiger partial charge in [0.25, 0.3) is 0 Å². The maximum atomic E-state index is 14.0. The first kappa shape index (κ1) is 15.2. The molecule has 0 saturated carbocycles. The van der Waals surface area contributed by atoms with Crippen molar-refractivity contribution in [3.63, 3.8) is 0 Å². The van der Waals surface area contributed by atoms with Crippen LogP contribution in [0.25, 0.3) is 0 Å². The van der Waals surface area contributed by atoms with E-state index in [0.29, 0.717) is 0 Å². The average Bonchev–Trinajstić information content (AvgIpc) is 2.34. The van der Waals surface area contributed by atoms with Gasteiger partial charge in [-0.05, 0) is 37.9 Å². The lowest BCUT2D eigenvalue weighted by atomic mass is 9.98. The van der Waals surface area contributed by atoms with Crippen LogP contribution in [0.15, 0.2) is 18.2 Å². The molecule has 0 aliphatic heterocycles. The summed E-state index contributed by atoms with van der Waals surface area (Å²) >= 11 is 0. The quantitative estimate of drug-likeness (QED) is 0.657. The molecule has 1 rings (SSSR count). The zero-order valence-electron chi connectivity index (χ0n) is 11.9. The van der Waals surface area contributed by atoms with Crippen molar-refractivity contribution in [1.29, 1.82) is 0 Å². The van der Waals surface area contributed by atoms with Crippen LogP contribution < -0.4 is 5.32 Å². The van der Waals surface area contributed by atoms with E-state index in [-0.39, 0.29) is 11.9 Å². The number of rotatable bonds is 8. The smallest absolute Gasteiger partial charge is 0.128 e. The van der Waals surface area contributed by atoms with Crippen LogP contribution in [0.1, 0.15) is 63.1 Å². The van der Waals surface area contributed by atoms with Crippen molar-refractivity contribution >= 4 is 0 Å². The van der Waals surface area contributed by atoms with Gasteiger partial charge >= 0.3 is 0 Å². The minimum atomic E-state index is -0.0694. The van der Waals surface area contributed by atoms with Gasteiger partial charge in [-0.25, -0.2) is 4.39 Å². The van der Waals surface area contributed by atoms with Gasteiger partial charge in [0.2, 0.25) is 0 Å². The Hall–Kier alpha value is -0.890. The van der Waals surface area contributed by atoms with E-state index in [2.05, 4.69) is 19.2 Å². The zero-order valence-corrected chi connectivity index (χ0v) is 11.9. The maximum absolute atomic E-state index is 14.0. The number of halogens is 1. The highest BCUT2D eigenvalue weighted by atomic mass is 19.1. The number of unbranched alkanes of at least 4 members (excludes halogenated alkanes) is 2. The van der Waals surface area contributed by atoms with Crippen molar-refractivity contribution in [2.45, 2.75) is 58.9 Å². The Morgan fingerprint density at radius 1 is 1.17 bits per heavy atom. The Kier molecular flexibility index (Phi) is 6.96. The second kappa shape index (κ2) is 8.25. The fourth-order valence-corrected chi connectivity index (χ4v) is 2.20. The Labute approximate surface area is 111 Å². The van der Waals surface area contributed by atoms with Crippen molar-refractivity contribution in [2.24, 2.45) is 0 Å². The second-order valence-electron chi connectivity index (χ2n) is 5.03. The fourth-order valence-electron chi connectivity index (χ4n) is 2.20. The van der Waals surface area contributed by atoms with Crippen molar-refractivity contribution in [1.82, 2.24) is 5.32 Å². The molecule has 0 bridgehead atoms. The molecule has 0 aliphatic rings. The largest absolute Gasteiger partial charge is 0.310 e. The minimum Gasteiger partial charge on any atom is -0.310 e. The lowest BCUT2D eigenvalue weighted by Gasteiger charge is -2.20. The highest BCUT2D eigenvalue weighted by Crippen LogP contribution is 2.23. The molecular formula is C16H26FN. The van der Waals surface area contributed by atoms with Crippen molar-refractivity contribution in [2.75, 3.05) is 6.54 Å². The van der Waals surface area contributed by atoms with Gasteiger partial charge in [-0.3, -0.25) is 0 Å². The van der Waals surface area contributed by atoms with E-state index in [1.54, 1.807) is 6.07 Å². The molecule has 18 heavy (non-hydrogen) atoms. The molecule has 0 radical (unpaired) electrons. The van der Waals surface area contributed by atoms with Crippen LogP contribution in [0.2, 0.25) is 0 Å². The highest BCUT2D eigenvalue weighted by molar-refractivity contribution is 5.26. The van der Waals surface area contributed by atoms with Crippen LogP contribution in [0, 0.1) is 12.7 Å². The lowest BCUT2D eigenvalue weighted by Crippen LogP contribution is -2.23. The first-order chi connectivity index (χ1) is 8.69. The molecule has 0 amide bonds. The second-order valence-corrected chi connectivity index (χ2v) is 5.03. The van der Waals surface area contributed by atoms with Crippen molar-refractivity contribution < 1.29 is 4.39 Å². The third kappa shape index (κ3) is 4.77. The van der Waals surface area contributed by atoms with Crippen LogP contribution in [-0.4, -0.2) is 6.54 Å². The Balaban J connectivity index is 2.73. The first-order valence-corrected chi connectivity index (χ1v) is 7.18. The van der Waals surface area contributed by atoms with Gasteiger partial charge in [-0.1, -0.05) is 45.2 Å². The third-order valence-electron chi connectivity index (χ3n) is 3.27. The SMILES string of the molecule is CCCCCC(NCCC)c1ccc(C)cc1F. The van der Waals surface area contributed by atoms with Gasteiger partial charge in [0.05, 0.1) is 0 Å². The monoisotopic (exact) mass is 251 g/mol. The number of hydrogen-bond acceptors (Lipinski definition) is 1. The molecule has 1 unspecified atom stereocenters. The van der Waals surface area contributed by atoms with E-state index in [1.807, 2.05) is 19.1 Å². The number of aryl methyl sites for hydroxylation is 1. The minimum absolute atomic E-state index is 0.0694. The lowest BCUT2D eigenvalue weighted by molar-refractivity contribution is 0.454. The number of hydrogen-bond donors (Lipinski definition) is 1. The fraction of sp³-hybridized carbons (Fsp3) is 0.625. The van der Waals surface area contributed by atoms with E-state index < -0.39 is 0 Å². The summed E-state index contributed by atoms with van der Waals surface area (Å²) in [7, 11) is 0. The summed E-state index contributed by atoms with van der Waals surface area (Å²) in [6.45, 7) is 7.21. The summed E-state index contributed by atoms with van der Waals surface area (Å²) in [6.07, 6.45) is 5.69. The summed E-state index contributed by atoms with van der Waals surface area (Å²) in [4.78, 5) is 0. The molecule has 1 aromatic rings. The molecule has 0 aromatic heterocycles. The summed E-state index contributed by atoms with van der Waals surface area (Å²) in [6, 6.07) is 5.73. The van der Waals surface area contributed by atoms with Crippen LogP contribution in [0.5, 0.6) is 0 Å². The Morgan fingerprint density at radius 3 is 2.56 bits per heavy atom. The van der Waals surface area contributed by atoms with Gasteiger partial charge in [-0.2, -0.15) is 0 Å². The average molecular weight is 251 g/mol. The molecule has 1 aromatic carbocycles. The molecule has 0 saturated heterocycles. The van der Waals surface area contributed by atoms with E-state index in [1.165, 1.54) is 12.8 Å². The van der Waals surface area contributed by atoms with E-state index in [0.717, 1.165) is 36.9 Å². The van der Waals surface area contributed by atoms with Gasteiger partial charge in [0.1, 0.15) is 5.82 Å². The summed E-state index contributed by atoms with van der Waals surface area (Å²) in [5.41, 5.74) is 1.81. The normalized spacial score (nSPS) is 12.7. The van der Waals surface area contributed by atoms with Crippen molar-refractivity contribution in [3.8, 4) is 0 Å². The predicted molar refractivity (Wildman–Crippen MR) is 76.3 cm³/mol. The molecule has 1 N–H and O–H groups in total. The van der Waals surface area contributed by atoms with Crippen LogP contribution in [0.4, 0.5) is 4.39 Å². The van der Waals surface area contributed by atoms with Crippen LogP contribution in [-0.2, 0) is 0 Å². The van der Waals surface area contributed by atoms with Crippen LogP contribution in [0.3, 0.4) is 0 Å². The molecule has 2 heteroatoms. The summed E-state index contributed by atoms with van der Waals surface area (Å²) < 4.78 is 14.0. The molecule has 1 nitrogen and oxygen atoms in total. The number of nitrogens with one attached hydrogen (secondary N) is 1. The molecule has 1 atom stereocenters. The molecule has 102 valence electrons.